The van der Waals surface area contributed by atoms with Crippen LogP contribution in [0, 0.1) is 20.8 Å². The Morgan fingerprint density at radius 3 is 2.44 bits per heavy atom. The molecule has 1 N–H and O–H groups in total. The number of benzene rings is 1. The van der Waals surface area contributed by atoms with Crippen molar-refractivity contribution in [2.24, 2.45) is 0 Å². The van der Waals surface area contributed by atoms with E-state index in [4.69, 9.17) is 0 Å². The van der Waals surface area contributed by atoms with Gasteiger partial charge in [0, 0.05) is 6.20 Å². The minimum atomic E-state index is -0.844. The van der Waals surface area contributed by atoms with E-state index in [1.807, 2.05) is 60.8 Å². The third kappa shape index (κ3) is 3.31. The second-order valence-electron chi connectivity index (χ2n) is 8.30. The first-order valence-corrected chi connectivity index (χ1v) is 11.8. The van der Waals surface area contributed by atoms with Crippen LogP contribution in [0.4, 0.5) is 5.13 Å². The topological polar surface area (TPSA) is 101 Å². The highest BCUT2D eigenvalue weighted by atomic mass is 32.1. The van der Waals surface area contributed by atoms with Crippen molar-refractivity contribution in [2.45, 2.75) is 40.2 Å². The summed E-state index contributed by atoms with van der Waals surface area (Å²) in [5.74, 6) is -1.82. The van der Waals surface area contributed by atoms with E-state index in [1.165, 1.54) is 16.2 Å². The molecule has 1 fully saturated rings. The van der Waals surface area contributed by atoms with Crippen molar-refractivity contribution in [3.63, 3.8) is 0 Å². The van der Waals surface area contributed by atoms with Crippen molar-refractivity contribution >= 4 is 39.6 Å². The number of carbonyl (C=O) groups is 2. The predicted molar refractivity (Wildman–Crippen MR) is 130 cm³/mol. The highest BCUT2D eigenvalue weighted by Crippen LogP contribution is 2.43. The molecule has 5 rings (SSSR count). The molecule has 1 saturated heterocycles. The quantitative estimate of drug-likeness (QED) is 0.269. The zero-order valence-electron chi connectivity index (χ0n) is 19.2. The minimum Gasteiger partial charge on any atom is -0.505 e. The van der Waals surface area contributed by atoms with E-state index in [-0.39, 0.29) is 17.0 Å². The van der Waals surface area contributed by atoms with Crippen molar-refractivity contribution in [3.8, 4) is 0 Å². The monoisotopic (exact) mass is 473 g/mol. The molecule has 1 atom stereocenters. The summed E-state index contributed by atoms with van der Waals surface area (Å²) in [6, 6.07) is 10.7. The van der Waals surface area contributed by atoms with E-state index in [9.17, 15) is 14.7 Å². The Morgan fingerprint density at radius 2 is 1.82 bits per heavy atom. The smallest absolute Gasteiger partial charge is 0.301 e. The van der Waals surface area contributed by atoms with Crippen LogP contribution in [0.3, 0.4) is 0 Å². The fraction of sp³-hybridized carbons (Fsp3) is 0.240. The van der Waals surface area contributed by atoms with Gasteiger partial charge in [0.2, 0.25) is 5.13 Å². The molecule has 1 amide bonds. The lowest BCUT2D eigenvalue weighted by atomic mass is 9.95. The summed E-state index contributed by atoms with van der Waals surface area (Å²) in [7, 11) is 0. The van der Waals surface area contributed by atoms with Gasteiger partial charge in [0.25, 0.3) is 5.78 Å². The third-order valence-electron chi connectivity index (χ3n) is 6.18. The number of hydrogen-bond donors (Lipinski definition) is 1. The average molecular weight is 474 g/mol. The number of hydrogen-bond acceptors (Lipinski definition) is 7. The summed E-state index contributed by atoms with van der Waals surface area (Å²) in [5.41, 5.74) is 4.37. The zero-order chi connectivity index (χ0) is 24.1. The summed E-state index contributed by atoms with van der Waals surface area (Å²) in [5, 5.41) is 20.6. The van der Waals surface area contributed by atoms with Crippen LogP contribution in [0.1, 0.15) is 46.1 Å². The maximum Gasteiger partial charge on any atom is 0.301 e. The number of anilines is 1. The van der Waals surface area contributed by atoms with E-state index < -0.39 is 17.7 Å². The lowest BCUT2D eigenvalue weighted by Crippen LogP contribution is -2.29. The first-order valence-electron chi connectivity index (χ1n) is 11.0. The fourth-order valence-electron chi connectivity index (χ4n) is 4.34. The highest BCUT2D eigenvalue weighted by Gasteiger charge is 2.48. The Balaban J connectivity index is 1.75. The molecule has 8 nitrogen and oxygen atoms in total. The van der Waals surface area contributed by atoms with Gasteiger partial charge in [0.15, 0.2) is 5.76 Å². The molecule has 4 heterocycles. The number of ketones is 1. The molecule has 0 spiro atoms. The standard InChI is InChI=1S/C25H23N5O3S/c1-5-16-8-10-17(11-9-16)20-18(22(32)24(33)30(20)25-28-27-15(4)34-25)21(31)19-14(3)29-12-6-7-13(2)23(29)26-19/h6-12,20,31H,5H2,1-4H3. The molecule has 1 aliphatic rings. The van der Waals surface area contributed by atoms with Crippen LogP contribution in [0.5, 0.6) is 0 Å². The lowest BCUT2D eigenvalue weighted by Gasteiger charge is -2.22. The van der Waals surface area contributed by atoms with Gasteiger partial charge in [-0.1, -0.05) is 48.6 Å². The van der Waals surface area contributed by atoms with Crippen LogP contribution in [-0.2, 0) is 16.0 Å². The molecule has 0 bridgehead atoms. The Bertz CT molecular complexity index is 1480. The molecule has 3 aromatic heterocycles. The number of nitrogens with zero attached hydrogens (tertiary/aromatic N) is 5. The van der Waals surface area contributed by atoms with Gasteiger partial charge >= 0.3 is 5.91 Å². The number of aliphatic hydroxyl groups is 1. The van der Waals surface area contributed by atoms with E-state index in [0.717, 1.165) is 17.5 Å². The molecule has 1 unspecified atom stereocenters. The second-order valence-corrected chi connectivity index (χ2v) is 9.46. The van der Waals surface area contributed by atoms with Gasteiger partial charge in [0.05, 0.1) is 17.3 Å². The van der Waals surface area contributed by atoms with Crippen LogP contribution in [0.2, 0.25) is 0 Å². The van der Waals surface area contributed by atoms with Crippen LogP contribution in [0.15, 0.2) is 48.2 Å². The number of pyridine rings is 1. The lowest BCUT2D eigenvalue weighted by molar-refractivity contribution is -0.132. The Hall–Kier alpha value is -3.85. The van der Waals surface area contributed by atoms with Gasteiger partial charge in [-0.3, -0.25) is 14.5 Å². The molecular weight excluding hydrogens is 450 g/mol. The Morgan fingerprint density at radius 1 is 1.09 bits per heavy atom. The average Bonchev–Trinajstić information content (AvgIpc) is 3.49. The van der Waals surface area contributed by atoms with E-state index in [2.05, 4.69) is 22.1 Å². The van der Waals surface area contributed by atoms with Crippen molar-refractivity contribution in [3.05, 3.63) is 81.3 Å². The number of amides is 1. The predicted octanol–water partition coefficient (Wildman–Crippen LogP) is 4.30. The third-order valence-corrected chi connectivity index (χ3v) is 7.02. The van der Waals surface area contributed by atoms with Crippen LogP contribution < -0.4 is 4.90 Å². The fourth-order valence-corrected chi connectivity index (χ4v) is 5.05. The maximum absolute atomic E-state index is 13.3. The minimum absolute atomic E-state index is 0.00809. The Labute approximate surface area is 200 Å². The van der Waals surface area contributed by atoms with Crippen LogP contribution in [-0.4, -0.2) is 36.4 Å². The van der Waals surface area contributed by atoms with Gasteiger partial charge in [-0.2, -0.15) is 0 Å². The van der Waals surface area contributed by atoms with Gasteiger partial charge in [-0.15, -0.1) is 10.2 Å². The first-order chi connectivity index (χ1) is 16.3. The molecule has 0 aliphatic carbocycles. The molecule has 172 valence electrons. The number of carbonyl (C=O) groups excluding carboxylic acids is 2. The number of aromatic nitrogens is 4. The molecule has 4 aromatic rings. The van der Waals surface area contributed by atoms with Gasteiger partial charge in [-0.05, 0) is 49.9 Å². The van der Waals surface area contributed by atoms with Crippen molar-refractivity contribution in [2.75, 3.05) is 4.90 Å². The maximum atomic E-state index is 13.3. The van der Waals surface area contributed by atoms with Crippen molar-refractivity contribution < 1.29 is 14.7 Å². The largest absolute Gasteiger partial charge is 0.505 e. The molecule has 1 aliphatic heterocycles. The Kier molecular flexibility index (Phi) is 5.28. The molecule has 1 aromatic carbocycles. The van der Waals surface area contributed by atoms with Crippen molar-refractivity contribution in [1.29, 1.82) is 0 Å². The number of imidazole rings is 1. The number of Topliss-reactive ketones (excluding diaryl/α,β-unsaturated/α-hetero) is 1. The summed E-state index contributed by atoms with van der Waals surface area (Å²) in [6.07, 6.45) is 2.71. The zero-order valence-corrected chi connectivity index (χ0v) is 20.1. The second kappa shape index (κ2) is 8.18. The van der Waals surface area contributed by atoms with Crippen LogP contribution in [0.25, 0.3) is 11.4 Å². The van der Waals surface area contributed by atoms with E-state index in [0.29, 0.717) is 27.0 Å². The van der Waals surface area contributed by atoms with Gasteiger partial charge < -0.3 is 9.51 Å². The summed E-state index contributed by atoms with van der Waals surface area (Å²) < 4.78 is 1.86. The summed E-state index contributed by atoms with van der Waals surface area (Å²) in [6.45, 7) is 7.59. The number of aliphatic hydroxyl groups excluding tert-OH is 1. The number of rotatable bonds is 4. The highest BCUT2D eigenvalue weighted by molar-refractivity contribution is 7.15. The van der Waals surface area contributed by atoms with Crippen LogP contribution >= 0.6 is 11.3 Å². The van der Waals surface area contributed by atoms with Crippen molar-refractivity contribution in [1.82, 2.24) is 19.6 Å². The first kappa shape index (κ1) is 22.0. The normalized spacial score (nSPS) is 17.8. The van der Waals surface area contributed by atoms with Gasteiger partial charge in [0.1, 0.15) is 16.3 Å². The number of fused-ring (bicyclic) bond motifs is 1. The SMILES string of the molecule is CCc1ccc(C2C(=C(O)c3nc4c(C)cccn4c3C)C(=O)C(=O)N2c2nnc(C)s2)cc1. The molecular formula is C25H23N5O3S. The molecule has 9 heteroatoms. The molecule has 0 saturated carbocycles. The van der Waals surface area contributed by atoms with E-state index in [1.54, 1.807) is 6.92 Å². The van der Waals surface area contributed by atoms with Gasteiger partial charge in [-0.25, -0.2) is 4.98 Å². The number of aryl methyl sites for hydroxylation is 4. The summed E-state index contributed by atoms with van der Waals surface area (Å²) >= 11 is 1.22. The summed E-state index contributed by atoms with van der Waals surface area (Å²) in [4.78, 5) is 32.5. The van der Waals surface area contributed by atoms with E-state index >= 15 is 0 Å². The molecule has 0 radical (unpaired) electrons. The molecule has 34 heavy (non-hydrogen) atoms.